The summed E-state index contributed by atoms with van der Waals surface area (Å²) in [5, 5.41) is 12.0. The Labute approximate surface area is 102 Å². The Morgan fingerprint density at radius 1 is 1.59 bits per heavy atom. The summed E-state index contributed by atoms with van der Waals surface area (Å²) in [7, 11) is 0. The third-order valence-electron chi connectivity index (χ3n) is 3.30. The molecule has 2 amide bonds. The number of amides is 2. The van der Waals surface area contributed by atoms with Crippen molar-refractivity contribution < 1.29 is 14.7 Å². The molecule has 1 heterocycles. The summed E-state index contributed by atoms with van der Waals surface area (Å²) in [6.07, 6.45) is 0.288. The first-order chi connectivity index (χ1) is 7.99. The number of carbonyl (C=O) groups excluding carboxylic acids is 2. The van der Waals surface area contributed by atoms with Gasteiger partial charge in [-0.05, 0) is 12.8 Å². The number of aliphatic hydroxyl groups is 1. The molecule has 1 unspecified atom stereocenters. The molecule has 0 spiro atoms. The summed E-state index contributed by atoms with van der Waals surface area (Å²) in [4.78, 5) is 25.1. The lowest BCUT2D eigenvalue weighted by atomic mass is 10.0. The molecule has 17 heavy (non-hydrogen) atoms. The van der Waals surface area contributed by atoms with Gasteiger partial charge in [0.2, 0.25) is 11.8 Å². The second-order valence-corrected chi connectivity index (χ2v) is 4.88. The minimum Gasteiger partial charge on any atom is -0.394 e. The largest absolute Gasteiger partial charge is 0.394 e. The highest BCUT2D eigenvalue weighted by Gasteiger charge is 2.34. The molecule has 1 aliphatic rings. The van der Waals surface area contributed by atoms with Crippen molar-refractivity contribution in [3.63, 3.8) is 0 Å². The lowest BCUT2D eigenvalue weighted by Gasteiger charge is -2.22. The van der Waals surface area contributed by atoms with Crippen molar-refractivity contribution >= 4 is 11.8 Å². The fraction of sp³-hybridized carbons (Fsp3) is 0.833. The van der Waals surface area contributed by atoms with Crippen LogP contribution in [0.1, 0.15) is 27.2 Å². The Morgan fingerprint density at radius 2 is 2.24 bits per heavy atom. The lowest BCUT2D eigenvalue weighted by Crippen LogP contribution is -2.44. The monoisotopic (exact) mass is 242 g/mol. The van der Waals surface area contributed by atoms with Gasteiger partial charge in [-0.15, -0.1) is 0 Å². The van der Waals surface area contributed by atoms with Crippen LogP contribution in [0, 0.1) is 11.8 Å². The number of hydrogen-bond acceptors (Lipinski definition) is 3. The molecular formula is C12H22N2O3. The Balaban J connectivity index is 2.52. The summed E-state index contributed by atoms with van der Waals surface area (Å²) < 4.78 is 0. The van der Waals surface area contributed by atoms with E-state index >= 15 is 0 Å². The average molecular weight is 242 g/mol. The van der Waals surface area contributed by atoms with Gasteiger partial charge in [-0.25, -0.2) is 0 Å². The van der Waals surface area contributed by atoms with Gasteiger partial charge in [0.1, 0.15) is 0 Å². The SMILES string of the molecule is CCN1CC(C(=O)N[C@H](CO)C(C)C)CC1=O. The topological polar surface area (TPSA) is 69.6 Å². The van der Waals surface area contributed by atoms with E-state index in [4.69, 9.17) is 5.11 Å². The van der Waals surface area contributed by atoms with Crippen LogP contribution >= 0.6 is 0 Å². The van der Waals surface area contributed by atoms with Gasteiger partial charge in [-0.3, -0.25) is 9.59 Å². The first-order valence-corrected chi connectivity index (χ1v) is 6.18. The molecule has 0 bridgehead atoms. The second kappa shape index (κ2) is 6.00. The summed E-state index contributed by atoms with van der Waals surface area (Å²) in [6, 6.07) is -0.228. The zero-order chi connectivity index (χ0) is 13.0. The molecule has 0 aromatic heterocycles. The number of rotatable bonds is 5. The molecule has 98 valence electrons. The highest BCUT2D eigenvalue weighted by atomic mass is 16.3. The average Bonchev–Trinajstić information content (AvgIpc) is 2.66. The van der Waals surface area contributed by atoms with Gasteiger partial charge >= 0.3 is 0 Å². The molecule has 2 atom stereocenters. The Bertz CT molecular complexity index is 291. The minimum atomic E-state index is -0.268. The van der Waals surface area contributed by atoms with Crippen molar-refractivity contribution in [2.75, 3.05) is 19.7 Å². The van der Waals surface area contributed by atoms with Gasteiger partial charge < -0.3 is 15.3 Å². The quantitative estimate of drug-likeness (QED) is 0.712. The van der Waals surface area contributed by atoms with Crippen LogP contribution in [0.2, 0.25) is 0 Å². The van der Waals surface area contributed by atoms with Crippen LogP contribution in [0.15, 0.2) is 0 Å². The number of likely N-dealkylation sites (tertiary alicyclic amines) is 1. The fourth-order valence-electron chi connectivity index (χ4n) is 1.98. The van der Waals surface area contributed by atoms with E-state index in [1.165, 1.54) is 0 Å². The molecule has 0 radical (unpaired) electrons. The molecule has 1 fully saturated rings. The van der Waals surface area contributed by atoms with Gasteiger partial charge in [-0.2, -0.15) is 0 Å². The third kappa shape index (κ3) is 3.43. The van der Waals surface area contributed by atoms with E-state index < -0.39 is 0 Å². The van der Waals surface area contributed by atoms with Crippen molar-refractivity contribution in [3.05, 3.63) is 0 Å². The predicted octanol–water partition coefficient (Wildman–Crippen LogP) is -0.0121. The van der Waals surface area contributed by atoms with Crippen LogP contribution in [-0.4, -0.2) is 47.6 Å². The maximum absolute atomic E-state index is 11.9. The van der Waals surface area contributed by atoms with Crippen molar-refractivity contribution in [2.24, 2.45) is 11.8 Å². The van der Waals surface area contributed by atoms with Gasteiger partial charge in [0.05, 0.1) is 18.6 Å². The van der Waals surface area contributed by atoms with Crippen LogP contribution in [0.4, 0.5) is 0 Å². The maximum atomic E-state index is 11.9. The van der Waals surface area contributed by atoms with E-state index in [1.807, 2.05) is 20.8 Å². The fourth-order valence-corrected chi connectivity index (χ4v) is 1.98. The number of nitrogens with one attached hydrogen (secondary N) is 1. The molecule has 1 aliphatic heterocycles. The molecule has 1 rings (SSSR count). The van der Waals surface area contributed by atoms with Gasteiger partial charge in [0.15, 0.2) is 0 Å². The molecule has 1 saturated heterocycles. The molecule has 5 heteroatoms. The smallest absolute Gasteiger partial charge is 0.225 e. The predicted molar refractivity (Wildman–Crippen MR) is 64.2 cm³/mol. The Morgan fingerprint density at radius 3 is 2.65 bits per heavy atom. The Hall–Kier alpha value is -1.10. The van der Waals surface area contributed by atoms with E-state index in [-0.39, 0.29) is 42.7 Å². The number of hydrogen-bond donors (Lipinski definition) is 2. The van der Waals surface area contributed by atoms with Crippen LogP contribution in [0.3, 0.4) is 0 Å². The van der Waals surface area contributed by atoms with Gasteiger partial charge in [0, 0.05) is 19.5 Å². The Kier molecular flexibility index (Phi) is 4.93. The molecule has 5 nitrogen and oxygen atoms in total. The van der Waals surface area contributed by atoms with E-state index in [2.05, 4.69) is 5.32 Å². The van der Waals surface area contributed by atoms with E-state index in [1.54, 1.807) is 4.90 Å². The number of nitrogens with zero attached hydrogens (tertiary/aromatic N) is 1. The summed E-state index contributed by atoms with van der Waals surface area (Å²) in [6.45, 7) is 6.87. The highest BCUT2D eigenvalue weighted by molar-refractivity contribution is 5.89. The molecule has 0 saturated carbocycles. The van der Waals surface area contributed by atoms with Crippen LogP contribution in [0.25, 0.3) is 0 Å². The van der Waals surface area contributed by atoms with E-state index in [0.29, 0.717) is 13.1 Å². The first-order valence-electron chi connectivity index (χ1n) is 6.18. The van der Waals surface area contributed by atoms with E-state index in [0.717, 1.165) is 0 Å². The molecule has 2 N–H and O–H groups in total. The molecular weight excluding hydrogens is 220 g/mol. The highest BCUT2D eigenvalue weighted by Crippen LogP contribution is 2.18. The zero-order valence-electron chi connectivity index (χ0n) is 10.8. The van der Waals surface area contributed by atoms with Crippen molar-refractivity contribution in [1.29, 1.82) is 0 Å². The van der Waals surface area contributed by atoms with Crippen molar-refractivity contribution in [2.45, 2.75) is 33.2 Å². The van der Waals surface area contributed by atoms with E-state index in [9.17, 15) is 9.59 Å². The minimum absolute atomic E-state index is 0.0396. The summed E-state index contributed by atoms with van der Waals surface area (Å²) in [5.41, 5.74) is 0. The van der Waals surface area contributed by atoms with Crippen LogP contribution in [-0.2, 0) is 9.59 Å². The normalized spacial score (nSPS) is 22.1. The standard InChI is InChI=1S/C12H22N2O3/c1-4-14-6-9(5-11(14)16)12(17)13-10(7-15)8(2)3/h8-10,15H,4-7H2,1-3H3,(H,13,17)/t9?,10-/m1/s1. The number of aliphatic hydroxyl groups excluding tert-OH is 1. The maximum Gasteiger partial charge on any atom is 0.225 e. The summed E-state index contributed by atoms with van der Waals surface area (Å²) in [5.74, 6) is -0.168. The first kappa shape index (κ1) is 14.0. The number of carbonyl (C=O) groups is 2. The van der Waals surface area contributed by atoms with Crippen LogP contribution < -0.4 is 5.32 Å². The van der Waals surface area contributed by atoms with Crippen LogP contribution in [0.5, 0.6) is 0 Å². The van der Waals surface area contributed by atoms with Gasteiger partial charge in [0.25, 0.3) is 0 Å². The third-order valence-corrected chi connectivity index (χ3v) is 3.30. The van der Waals surface area contributed by atoms with Crippen molar-refractivity contribution in [3.8, 4) is 0 Å². The molecule has 0 aromatic carbocycles. The summed E-state index contributed by atoms with van der Waals surface area (Å²) >= 11 is 0. The zero-order valence-corrected chi connectivity index (χ0v) is 10.8. The van der Waals surface area contributed by atoms with Crippen molar-refractivity contribution in [1.82, 2.24) is 10.2 Å². The van der Waals surface area contributed by atoms with Gasteiger partial charge in [-0.1, -0.05) is 13.8 Å². The second-order valence-electron chi connectivity index (χ2n) is 4.88. The lowest BCUT2D eigenvalue weighted by molar-refractivity contribution is -0.129. The molecule has 0 aliphatic carbocycles. The molecule has 0 aromatic rings.